The number of hydrogen-bond donors (Lipinski definition) is 1. The van der Waals surface area contributed by atoms with Crippen LogP contribution in [0.25, 0.3) is 16.7 Å². The first-order valence-corrected chi connectivity index (χ1v) is 5.78. The molecule has 4 nitrogen and oxygen atoms in total. The lowest BCUT2D eigenvalue weighted by atomic mass is 10.1. The lowest BCUT2D eigenvalue weighted by Crippen LogP contribution is -2.00. The Morgan fingerprint density at radius 2 is 1.89 bits per heavy atom. The van der Waals surface area contributed by atoms with Gasteiger partial charge in [0, 0.05) is 0 Å². The van der Waals surface area contributed by atoms with E-state index in [0.29, 0.717) is 5.69 Å². The average Bonchev–Trinajstić information content (AvgIpc) is 2.72. The zero-order valence-electron chi connectivity index (χ0n) is 10.3. The number of nitrogens with zero attached hydrogens (tertiary/aromatic N) is 3. The summed E-state index contributed by atoms with van der Waals surface area (Å²) < 4.78 is 1.68. The highest BCUT2D eigenvalue weighted by Crippen LogP contribution is 2.28. The molecule has 0 saturated heterocycles. The number of aromatic nitrogens is 3. The molecule has 3 aromatic rings. The molecule has 0 radical (unpaired) electrons. The van der Waals surface area contributed by atoms with Gasteiger partial charge in [0.2, 0.25) is 0 Å². The second-order valence-electron chi connectivity index (χ2n) is 4.44. The summed E-state index contributed by atoms with van der Waals surface area (Å²) >= 11 is 0. The summed E-state index contributed by atoms with van der Waals surface area (Å²) in [5.41, 5.74) is 4.40. The van der Waals surface area contributed by atoms with Crippen LogP contribution in [0.3, 0.4) is 0 Å². The molecule has 0 atom stereocenters. The lowest BCUT2D eigenvalue weighted by Gasteiger charge is -2.09. The molecule has 1 N–H and O–H groups in total. The van der Waals surface area contributed by atoms with E-state index in [4.69, 9.17) is 0 Å². The molecule has 0 saturated carbocycles. The van der Waals surface area contributed by atoms with Crippen molar-refractivity contribution >= 4 is 11.0 Å². The van der Waals surface area contributed by atoms with E-state index in [0.717, 1.165) is 22.2 Å². The Labute approximate surface area is 104 Å². The van der Waals surface area contributed by atoms with Crippen LogP contribution in [0.15, 0.2) is 36.4 Å². The molecular weight excluding hydrogens is 226 g/mol. The predicted octanol–water partition coefficient (Wildman–Crippen LogP) is 2.74. The van der Waals surface area contributed by atoms with Crippen molar-refractivity contribution < 1.29 is 5.11 Å². The summed E-state index contributed by atoms with van der Waals surface area (Å²) in [6.45, 7) is 3.91. The summed E-state index contributed by atoms with van der Waals surface area (Å²) in [6.07, 6.45) is 0. The normalized spacial score (nSPS) is 11.0. The zero-order valence-corrected chi connectivity index (χ0v) is 10.3. The van der Waals surface area contributed by atoms with Crippen molar-refractivity contribution in [3.8, 4) is 11.4 Å². The molecule has 0 fully saturated rings. The van der Waals surface area contributed by atoms with Gasteiger partial charge in [0.1, 0.15) is 17.0 Å². The van der Waals surface area contributed by atoms with Crippen LogP contribution in [0.2, 0.25) is 0 Å². The third kappa shape index (κ3) is 1.54. The van der Waals surface area contributed by atoms with E-state index in [9.17, 15) is 5.11 Å². The van der Waals surface area contributed by atoms with Gasteiger partial charge in [-0.25, -0.2) is 4.68 Å². The van der Waals surface area contributed by atoms with Gasteiger partial charge in [-0.15, -0.1) is 5.10 Å². The van der Waals surface area contributed by atoms with Crippen molar-refractivity contribution in [2.75, 3.05) is 0 Å². The fraction of sp³-hybridized carbons (Fsp3) is 0.143. The Hall–Kier alpha value is -2.36. The van der Waals surface area contributed by atoms with Crippen LogP contribution in [-0.4, -0.2) is 20.1 Å². The molecule has 3 rings (SSSR count). The molecular formula is C14H13N3O. The van der Waals surface area contributed by atoms with Crippen molar-refractivity contribution in [2.45, 2.75) is 13.8 Å². The van der Waals surface area contributed by atoms with Crippen LogP contribution in [0.5, 0.6) is 5.75 Å². The van der Waals surface area contributed by atoms with Crippen LogP contribution in [0.1, 0.15) is 11.1 Å². The molecule has 90 valence electrons. The molecule has 2 aromatic carbocycles. The number of benzene rings is 2. The van der Waals surface area contributed by atoms with Crippen molar-refractivity contribution in [3.63, 3.8) is 0 Å². The van der Waals surface area contributed by atoms with Crippen LogP contribution in [0, 0.1) is 13.8 Å². The Morgan fingerprint density at radius 3 is 2.67 bits per heavy atom. The minimum Gasteiger partial charge on any atom is -0.506 e. The predicted molar refractivity (Wildman–Crippen MR) is 70.0 cm³/mol. The maximum atomic E-state index is 10.1. The third-order valence-corrected chi connectivity index (χ3v) is 2.99. The first-order chi connectivity index (χ1) is 8.66. The van der Waals surface area contributed by atoms with E-state index in [2.05, 4.69) is 10.3 Å². The van der Waals surface area contributed by atoms with Gasteiger partial charge in [0.15, 0.2) is 0 Å². The second-order valence-corrected chi connectivity index (χ2v) is 4.44. The Balaban J connectivity index is 2.33. The van der Waals surface area contributed by atoms with E-state index < -0.39 is 0 Å². The first kappa shape index (κ1) is 10.8. The summed E-state index contributed by atoms with van der Waals surface area (Å²) in [7, 11) is 0. The molecule has 1 aromatic heterocycles. The van der Waals surface area contributed by atoms with Crippen molar-refractivity contribution in [2.24, 2.45) is 0 Å². The first-order valence-electron chi connectivity index (χ1n) is 5.78. The van der Waals surface area contributed by atoms with Crippen LogP contribution in [0.4, 0.5) is 0 Å². The molecule has 0 amide bonds. The third-order valence-electron chi connectivity index (χ3n) is 2.99. The molecule has 1 heterocycles. The summed E-state index contributed by atoms with van der Waals surface area (Å²) in [6, 6.07) is 11.4. The zero-order chi connectivity index (χ0) is 12.7. The minimum absolute atomic E-state index is 0.225. The quantitative estimate of drug-likeness (QED) is 0.710. The van der Waals surface area contributed by atoms with E-state index in [-0.39, 0.29) is 5.75 Å². The monoisotopic (exact) mass is 239 g/mol. The fourth-order valence-corrected chi connectivity index (χ4v) is 2.25. The molecule has 0 aliphatic carbocycles. The number of aryl methyl sites for hydroxylation is 2. The minimum atomic E-state index is 0.225. The molecule has 0 aliphatic heterocycles. The van der Waals surface area contributed by atoms with Gasteiger partial charge in [0.25, 0.3) is 0 Å². The van der Waals surface area contributed by atoms with Crippen molar-refractivity contribution in [3.05, 3.63) is 47.5 Å². The SMILES string of the molecule is Cc1cc(C)c(-n2nnc3ccccc32)c(O)c1. The number of fused-ring (bicyclic) bond motifs is 1. The maximum Gasteiger partial charge on any atom is 0.141 e. The van der Waals surface area contributed by atoms with E-state index in [1.165, 1.54) is 0 Å². The number of hydrogen-bond acceptors (Lipinski definition) is 3. The highest BCUT2D eigenvalue weighted by Gasteiger charge is 2.12. The maximum absolute atomic E-state index is 10.1. The topological polar surface area (TPSA) is 50.9 Å². The van der Waals surface area contributed by atoms with Crippen LogP contribution >= 0.6 is 0 Å². The summed E-state index contributed by atoms with van der Waals surface area (Å²) in [5, 5.41) is 18.3. The largest absolute Gasteiger partial charge is 0.506 e. The highest BCUT2D eigenvalue weighted by atomic mass is 16.3. The van der Waals surface area contributed by atoms with Gasteiger partial charge >= 0.3 is 0 Å². The summed E-state index contributed by atoms with van der Waals surface area (Å²) in [4.78, 5) is 0. The Kier molecular flexibility index (Phi) is 2.30. The van der Waals surface area contributed by atoms with Gasteiger partial charge in [-0.05, 0) is 43.2 Å². The Bertz CT molecular complexity index is 708. The van der Waals surface area contributed by atoms with E-state index in [1.54, 1.807) is 10.7 Å². The smallest absolute Gasteiger partial charge is 0.141 e. The van der Waals surface area contributed by atoms with Crippen molar-refractivity contribution in [1.29, 1.82) is 0 Å². The van der Waals surface area contributed by atoms with Gasteiger partial charge in [-0.1, -0.05) is 23.4 Å². The molecule has 0 aliphatic rings. The summed E-state index contributed by atoms with van der Waals surface area (Å²) in [5.74, 6) is 0.225. The molecule has 0 unspecified atom stereocenters. The van der Waals surface area contributed by atoms with Gasteiger partial charge < -0.3 is 5.11 Å². The molecule has 4 heteroatoms. The molecule has 18 heavy (non-hydrogen) atoms. The average molecular weight is 239 g/mol. The number of aromatic hydroxyl groups is 1. The number of phenols is 1. The number of rotatable bonds is 1. The van der Waals surface area contributed by atoms with Gasteiger partial charge in [0.05, 0.1) is 5.52 Å². The number of para-hydroxylation sites is 1. The van der Waals surface area contributed by atoms with Gasteiger partial charge in [-0.2, -0.15) is 0 Å². The molecule has 0 spiro atoms. The molecule has 0 bridgehead atoms. The van der Waals surface area contributed by atoms with Gasteiger partial charge in [-0.3, -0.25) is 0 Å². The second kappa shape index (κ2) is 3.84. The number of phenolic OH excluding ortho intramolecular Hbond substituents is 1. The lowest BCUT2D eigenvalue weighted by molar-refractivity contribution is 0.469. The van der Waals surface area contributed by atoms with Crippen LogP contribution < -0.4 is 0 Å². The van der Waals surface area contributed by atoms with Crippen molar-refractivity contribution in [1.82, 2.24) is 15.0 Å². The van der Waals surface area contributed by atoms with E-state index in [1.807, 2.05) is 44.2 Å². The Morgan fingerprint density at radius 1 is 1.11 bits per heavy atom. The van der Waals surface area contributed by atoms with E-state index >= 15 is 0 Å². The standard InChI is InChI=1S/C14H13N3O/c1-9-7-10(2)14(13(18)8-9)17-12-6-4-3-5-11(12)15-16-17/h3-8,18H,1-2H3. The fourth-order valence-electron chi connectivity index (χ4n) is 2.25. The van der Waals surface area contributed by atoms with Crippen LogP contribution in [-0.2, 0) is 0 Å². The highest BCUT2D eigenvalue weighted by molar-refractivity contribution is 5.77.